The van der Waals surface area contributed by atoms with Gasteiger partial charge < -0.3 is 10.6 Å². The zero-order chi connectivity index (χ0) is 17.2. The van der Waals surface area contributed by atoms with Crippen molar-refractivity contribution in [2.75, 3.05) is 19.6 Å². The summed E-state index contributed by atoms with van der Waals surface area (Å²) in [5, 5.41) is 11.4. The van der Waals surface area contributed by atoms with Crippen LogP contribution in [0.1, 0.15) is 35.8 Å². The fourth-order valence-electron chi connectivity index (χ4n) is 3.09. The summed E-state index contributed by atoms with van der Waals surface area (Å²) < 4.78 is 1.71. The Balaban J connectivity index is 1.73. The average molecular weight is 347 g/mol. The molecule has 24 heavy (non-hydrogen) atoms. The van der Waals surface area contributed by atoms with E-state index in [0.29, 0.717) is 17.1 Å². The standard InChI is InChI=1S/C18H23ClN4O/c1-13-14(11-22-23(13)16-6-4-3-5-15(16)19)17(24)21-12-18(2)7-9-20-10-8-18/h3-6,11,20H,7-10,12H2,1-2H3,(H,21,24). The van der Waals surface area contributed by atoms with E-state index < -0.39 is 0 Å². The number of carbonyl (C=O) groups excluding carboxylic acids is 1. The third-order valence-corrected chi connectivity index (χ3v) is 5.14. The highest BCUT2D eigenvalue weighted by Crippen LogP contribution is 2.27. The summed E-state index contributed by atoms with van der Waals surface area (Å²) in [7, 11) is 0. The monoisotopic (exact) mass is 346 g/mol. The third kappa shape index (κ3) is 3.47. The number of nitrogens with one attached hydrogen (secondary N) is 2. The topological polar surface area (TPSA) is 59.0 Å². The summed E-state index contributed by atoms with van der Waals surface area (Å²) in [6.07, 6.45) is 3.76. The van der Waals surface area contributed by atoms with E-state index in [1.165, 1.54) is 0 Å². The van der Waals surface area contributed by atoms with Crippen molar-refractivity contribution in [3.63, 3.8) is 0 Å². The molecule has 128 valence electrons. The number of carbonyl (C=O) groups is 1. The molecule has 1 aromatic heterocycles. The fraction of sp³-hybridized carbons (Fsp3) is 0.444. The van der Waals surface area contributed by atoms with Crippen molar-refractivity contribution in [1.29, 1.82) is 0 Å². The molecule has 0 spiro atoms. The molecule has 1 aliphatic rings. The van der Waals surface area contributed by atoms with Crippen LogP contribution < -0.4 is 10.6 Å². The average Bonchev–Trinajstić information content (AvgIpc) is 2.95. The van der Waals surface area contributed by atoms with Gasteiger partial charge in [0.2, 0.25) is 0 Å². The van der Waals surface area contributed by atoms with Gasteiger partial charge in [-0.2, -0.15) is 5.10 Å². The number of para-hydroxylation sites is 1. The maximum Gasteiger partial charge on any atom is 0.254 e. The van der Waals surface area contributed by atoms with Gasteiger partial charge in [0, 0.05) is 6.54 Å². The van der Waals surface area contributed by atoms with Crippen LogP contribution >= 0.6 is 11.6 Å². The predicted octanol–water partition coefficient (Wildman–Crippen LogP) is 2.95. The lowest BCUT2D eigenvalue weighted by atomic mass is 9.81. The van der Waals surface area contributed by atoms with Gasteiger partial charge in [-0.15, -0.1) is 0 Å². The summed E-state index contributed by atoms with van der Waals surface area (Å²) in [5.74, 6) is -0.0782. The first-order valence-corrected chi connectivity index (χ1v) is 8.66. The summed E-state index contributed by atoms with van der Waals surface area (Å²) in [5.41, 5.74) is 2.32. The molecule has 2 heterocycles. The van der Waals surface area contributed by atoms with E-state index in [1.807, 2.05) is 31.2 Å². The minimum Gasteiger partial charge on any atom is -0.351 e. The third-order valence-electron chi connectivity index (χ3n) is 4.82. The van der Waals surface area contributed by atoms with Crippen LogP contribution in [0.5, 0.6) is 0 Å². The van der Waals surface area contributed by atoms with E-state index in [0.717, 1.165) is 37.3 Å². The second kappa shape index (κ2) is 6.95. The molecule has 0 atom stereocenters. The molecule has 1 amide bonds. The molecule has 1 saturated heterocycles. The van der Waals surface area contributed by atoms with E-state index in [-0.39, 0.29) is 11.3 Å². The van der Waals surface area contributed by atoms with Gasteiger partial charge in [0.05, 0.1) is 28.2 Å². The summed E-state index contributed by atoms with van der Waals surface area (Å²) in [4.78, 5) is 12.6. The van der Waals surface area contributed by atoms with Gasteiger partial charge in [0.15, 0.2) is 0 Å². The van der Waals surface area contributed by atoms with Crippen LogP contribution in [0.25, 0.3) is 5.69 Å². The molecule has 0 bridgehead atoms. The van der Waals surface area contributed by atoms with Crippen molar-refractivity contribution < 1.29 is 4.79 Å². The van der Waals surface area contributed by atoms with Crippen molar-refractivity contribution >= 4 is 17.5 Å². The summed E-state index contributed by atoms with van der Waals surface area (Å²) in [6.45, 7) is 6.82. The highest BCUT2D eigenvalue weighted by Gasteiger charge is 2.27. The number of halogens is 1. The van der Waals surface area contributed by atoms with Gasteiger partial charge in [-0.25, -0.2) is 4.68 Å². The van der Waals surface area contributed by atoms with E-state index in [2.05, 4.69) is 22.7 Å². The lowest BCUT2D eigenvalue weighted by Crippen LogP contribution is -2.43. The van der Waals surface area contributed by atoms with Crippen molar-refractivity contribution in [2.24, 2.45) is 5.41 Å². The Morgan fingerprint density at radius 1 is 1.38 bits per heavy atom. The largest absolute Gasteiger partial charge is 0.351 e. The van der Waals surface area contributed by atoms with E-state index >= 15 is 0 Å². The first-order chi connectivity index (χ1) is 11.5. The van der Waals surface area contributed by atoms with Gasteiger partial charge in [0.25, 0.3) is 5.91 Å². The first kappa shape index (κ1) is 17.0. The number of hydrogen-bond donors (Lipinski definition) is 2. The molecule has 1 aliphatic heterocycles. The molecule has 5 nitrogen and oxygen atoms in total. The second-order valence-corrected chi connectivity index (χ2v) is 7.16. The Morgan fingerprint density at radius 2 is 2.08 bits per heavy atom. The predicted molar refractivity (Wildman–Crippen MR) is 95.9 cm³/mol. The Kier molecular flexibility index (Phi) is 4.92. The van der Waals surface area contributed by atoms with Crippen molar-refractivity contribution in [3.05, 3.63) is 46.7 Å². The molecule has 2 N–H and O–H groups in total. The SMILES string of the molecule is Cc1c(C(=O)NCC2(C)CCNCC2)cnn1-c1ccccc1Cl. The quantitative estimate of drug-likeness (QED) is 0.894. The number of aromatic nitrogens is 2. The second-order valence-electron chi connectivity index (χ2n) is 6.75. The maximum absolute atomic E-state index is 12.6. The first-order valence-electron chi connectivity index (χ1n) is 8.29. The van der Waals surface area contributed by atoms with Crippen LogP contribution in [0.4, 0.5) is 0 Å². The molecule has 3 rings (SSSR count). The molecular formula is C18H23ClN4O. The number of benzene rings is 1. The van der Waals surface area contributed by atoms with Gasteiger partial charge >= 0.3 is 0 Å². The number of hydrogen-bond acceptors (Lipinski definition) is 3. The van der Waals surface area contributed by atoms with E-state index in [9.17, 15) is 4.79 Å². The Hall–Kier alpha value is -1.85. The van der Waals surface area contributed by atoms with Gasteiger partial charge in [-0.05, 0) is 50.4 Å². The number of nitrogens with zero attached hydrogens (tertiary/aromatic N) is 2. The van der Waals surface area contributed by atoms with Crippen LogP contribution in [-0.4, -0.2) is 35.3 Å². The molecule has 6 heteroatoms. The van der Waals surface area contributed by atoms with Crippen LogP contribution in [0.15, 0.2) is 30.5 Å². The lowest BCUT2D eigenvalue weighted by Gasteiger charge is -2.34. The zero-order valence-corrected chi connectivity index (χ0v) is 14.9. The van der Waals surface area contributed by atoms with Crippen molar-refractivity contribution in [2.45, 2.75) is 26.7 Å². The number of piperidine rings is 1. The molecule has 2 aromatic rings. The van der Waals surface area contributed by atoms with Crippen LogP contribution in [0.2, 0.25) is 5.02 Å². The molecule has 0 unspecified atom stereocenters. The zero-order valence-electron chi connectivity index (χ0n) is 14.1. The highest BCUT2D eigenvalue weighted by molar-refractivity contribution is 6.32. The minimum atomic E-state index is -0.0782. The molecule has 1 aromatic carbocycles. The molecule has 1 fully saturated rings. The van der Waals surface area contributed by atoms with Crippen LogP contribution in [-0.2, 0) is 0 Å². The molecule has 0 radical (unpaired) electrons. The van der Waals surface area contributed by atoms with E-state index in [1.54, 1.807) is 10.9 Å². The highest BCUT2D eigenvalue weighted by atomic mass is 35.5. The summed E-state index contributed by atoms with van der Waals surface area (Å²) in [6, 6.07) is 7.48. The van der Waals surface area contributed by atoms with Crippen LogP contribution in [0.3, 0.4) is 0 Å². The Morgan fingerprint density at radius 3 is 2.79 bits per heavy atom. The van der Waals surface area contributed by atoms with Crippen LogP contribution in [0, 0.1) is 12.3 Å². The Bertz CT molecular complexity index is 734. The molecular weight excluding hydrogens is 324 g/mol. The van der Waals surface area contributed by atoms with Crippen molar-refractivity contribution in [1.82, 2.24) is 20.4 Å². The fourth-order valence-corrected chi connectivity index (χ4v) is 3.31. The number of rotatable bonds is 4. The lowest BCUT2D eigenvalue weighted by molar-refractivity contribution is 0.0921. The smallest absolute Gasteiger partial charge is 0.254 e. The van der Waals surface area contributed by atoms with Gasteiger partial charge in [0.1, 0.15) is 0 Å². The summed E-state index contributed by atoms with van der Waals surface area (Å²) >= 11 is 6.23. The maximum atomic E-state index is 12.6. The molecule has 0 saturated carbocycles. The minimum absolute atomic E-state index is 0.0782. The van der Waals surface area contributed by atoms with Crippen molar-refractivity contribution in [3.8, 4) is 5.69 Å². The Labute approximate surface area is 147 Å². The van der Waals surface area contributed by atoms with E-state index in [4.69, 9.17) is 11.6 Å². The normalized spacial score (nSPS) is 16.8. The van der Waals surface area contributed by atoms with Gasteiger partial charge in [-0.3, -0.25) is 4.79 Å². The molecule has 0 aliphatic carbocycles. The number of amides is 1. The van der Waals surface area contributed by atoms with Gasteiger partial charge in [-0.1, -0.05) is 30.7 Å².